The largest absolute Gasteiger partial charge is 0.356 e. The predicted octanol–water partition coefficient (Wildman–Crippen LogP) is 2.75. The fraction of sp³-hybridized carbons (Fsp3) is 0.458. The molecule has 2 aliphatic rings. The van der Waals surface area contributed by atoms with Crippen LogP contribution in [0.15, 0.2) is 24.3 Å². The van der Waals surface area contributed by atoms with Crippen molar-refractivity contribution in [2.24, 2.45) is 11.8 Å². The number of hydrogen-bond donors (Lipinski definition) is 4. The molecule has 32 heavy (non-hydrogen) atoms. The van der Waals surface area contributed by atoms with Crippen molar-refractivity contribution >= 4 is 40.2 Å². The van der Waals surface area contributed by atoms with Crippen molar-refractivity contribution in [3.8, 4) is 12.3 Å². The van der Waals surface area contributed by atoms with E-state index in [1.54, 1.807) is 18.2 Å². The number of carbonyl (C=O) groups is 3. The van der Waals surface area contributed by atoms with Crippen LogP contribution in [0.5, 0.6) is 0 Å². The summed E-state index contributed by atoms with van der Waals surface area (Å²) in [6.07, 6.45) is 10.3. The highest BCUT2D eigenvalue weighted by Gasteiger charge is 2.32. The van der Waals surface area contributed by atoms with Crippen LogP contribution in [0.3, 0.4) is 0 Å². The van der Waals surface area contributed by atoms with E-state index in [0.29, 0.717) is 36.0 Å². The summed E-state index contributed by atoms with van der Waals surface area (Å²) in [4.78, 5) is 41.1. The zero-order valence-electron chi connectivity index (χ0n) is 17.7. The topological polar surface area (TPSA) is 103 Å². The Bertz CT molecular complexity index is 1070. The number of H-pyrrole nitrogens is 1. The van der Waals surface area contributed by atoms with Crippen LogP contribution in [0.2, 0.25) is 5.02 Å². The highest BCUT2D eigenvalue weighted by Crippen LogP contribution is 2.34. The monoisotopic (exact) mass is 454 g/mol. The summed E-state index contributed by atoms with van der Waals surface area (Å²) >= 11 is 6.21. The molecule has 2 aromatic rings. The molecule has 0 bridgehead atoms. The molecule has 1 saturated carbocycles. The average molecular weight is 455 g/mol. The van der Waals surface area contributed by atoms with E-state index in [0.717, 1.165) is 36.6 Å². The summed E-state index contributed by atoms with van der Waals surface area (Å²) in [6.45, 7) is 0.677. The Morgan fingerprint density at radius 1 is 1.22 bits per heavy atom. The molecule has 8 heteroatoms. The van der Waals surface area contributed by atoms with Crippen LogP contribution in [-0.4, -0.2) is 41.3 Å². The Hall–Kier alpha value is -2.98. The second-order valence-electron chi connectivity index (χ2n) is 8.68. The van der Waals surface area contributed by atoms with Gasteiger partial charge in [0.25, 0.3) is 5.91 Å². The average Bonchev–Trinajstić information content (AvgIpc) is 3.48. The lowest BCUT2D eigenvalue weighted by molar-refractivity contribution is -0.128. The second-order valence-corrected chi connectivity index (χ2v) is 9.09. The van der Waals surface area contributed by atoms with E-state index in [9.17, 15) is 14.4 Å². The number of terminal acetylenes is 1. The number of rotatable bonds is 8. The molecule has 2 heterocycles. The molecule has 0 unspecified atom stereocenters. The molecule has 1 aliphatic carbocycles. The van der Waals surface area contributed by atoms with Gasteiger partial charge in [0, 0.05) is 28.4 Å². The number of amides is 3. The van der Waals surface area contributed by atoms with Crippen LogP contribution in [-0.2, 0) is 9.59 Å². The summed E-state index contributed by atoms with van der Waals surface area (Å²) < 4.78 is 0. The first kappa shape index (κ1) is 22.2. The predicted molar refractivity (Wildman–Crippen MR) is 123 cm³/mol. The van der Waals surface area contributed by atoms with Gasteiger partial charge in [-0.3, -0.25) is 14.4 Å². The Morgan fingerprint density at radius 2 is 2.03 bits per heavy atom. The maximum absolute atomic E-state index is 13.0. The molecule has 4 rings (SSSR count). The minimum absolute atomic E-state index is 0.0222. The molecular formula is C24H27ClN4O3. The molecule has 7 nitrogen and oxygen atoms in total. The van der Waals surface area contributed by atoms with E-state index in [-0.39, 0.29) is 23.6 Å². The number of benzene rings is 1. The molecule has 0 radical (unpaired) electrons. The van der Waals surface area contributed by atoms with Crippen molar-refractivity contribution in [2.75, 3.05) is 6.54 Å². The van der Waals surface area contributed by atoms with Crippen molar-refractivity contribution in [2.45, 2.75) is 50.6 Å². The molecule has 1 aliphatic heterocycles. The quantitative estimate of drug-likeness (QED) is 0.461. The maximum Gasteiger partial charge on any atom is 0.268 e. The summed E-state index contributed by atoms with van der Waals surface area (Å²) in [6, 6.07) is 5.82. The van der Waals surface area contributed by atoms with E-state index in [4.69, 9.17) is 18.0 Å². The Balaban J connectivity index is 1.42. The van der Waals surface area contributed by atoms with E-state index in [2.05, 4.69) is 26.9 Å². The maximum atomic E-state index is 13.0. The summed E-state index contributed by atoms with van der Waals surface area (Å²) in [5.74, 6) is 2.08. The van der Waals surface area contributed by atoms with Gasteiger partial charge in [-0.1, -0.05) is 36.4 Å². The highest BCUT2D eigenvalue weighted by molar-refractivity contribution is 6.35. The zero-order chi connectivity index (χ0) is 22.7. The fourth-order valence-electron chi connectivity index (χ4n) is 4.18. The van der Waals surface area contributed by atoms with E-state index < -0.39 is 12.1 Å². The third-order valence-electron chi connectivity index (χ3n) is 6.18. The first-order chi connectivity index (χ1) is 15.4. The SMILES string of the molecule is C#C[C@H](C[C@@H]1CCCNC1=O)NC(=O)[C@H](CC1CC1)NC(=O)c1cc2c(Cl)cccc2[nH]1. The molecule has 4 N–H and O–H groups in total. The normalized spacial score (nSPS) is 20.1. The number of piperidine rings is 1. The lowest BCUT2D eigenvalue weighted by Gasteiger charge is -2.26. The smallest absolute Gasteiger partial charge is 0.268 e. The Kier molecular flexibility index (Phi) is 6.71. The minimum Gasteiger partial charge on any atom is -0.356 e. The second kappa shape index (κ2) is 9.66. The number of hydrogen-bond acceptors (Lipinski definition) is 3. The number of carbonyl (C=O) groups excluding carboxylic acids is 3. The molecule has 0 spiro atoms. The van der Waals surface area contributed by atoms with Gasteiger partial charge in [-0.15, -0.1) is 6.42 Å². The standard InChI is InChI=1S/C24H27ClN4O3/c1-2-16(12-15-5-4-10-26-22(15)30)27-23(31)20(11-14-8-9-14)29-24(32)21-13-17-18(25)6-3-7-19(17)28-21/h1,3,6-7,13-16,20,28H,4-5,8-12H2,(H,26,30)(H,27,31)(H,29,32)/t15-,16+,20-/m0/s1. The fourth-order valence-corrected chi connectivity index (χ4v) is 4.41. The molecular weight excluding hydrogens is 428 g/mol. The summed E-state index contributed by atoms with van der Waals surface area (Å²) in [7, 11) is 0. The van der Waals surface area contributed by atoms with Crippen LogP contribution in [0.4, 0.5) is 0 Å². The van der Waals surface area contributed by atoms with Gasteiger partial charge < -0.3 is 20.9 Å². The van der Waals surface area contributed by atoms with Gasteiger partial charge in [-0.25, -0.2) is 0 Å². The summed E-state index contributed by atoms with van der Waals surface area (Å²) in [5.41, 5.74) is 1.10. The van der Waals surface area contributed by atoms with Gasteiger partial charge in [0.1, 0.15) is 11.7 Å². The van der Waals surface area contributed by atoms with Crippen LogP contribution in [0, 0.1) is 24.2 Å². The molecule has 2 fully saturated rings. The number of aromatic amines is 1. The van der Waals surface area contributed by atoms with Gasteiger partial charge in [-0.05, 0) is 49.8 Å². The van der Waals surface area contributed by atoms with E-state index >= 15 is 0 Å². The molecule has 3 atom stereocenters. The minimum atomic E-state index is -0.701. The summed E-state index contributed by atoms with van der Waals surface area (Å²) in [5, 5.41) is 9.85. The molecule has 1 saturated heterocycles. The number of nitrogens with one attached hydrogen (secondary N) is 4. The molecule has 3 amide bonds. The Labute approximate surface area is 192 Å². The van der Waals surface area contributed by atoms with Crippen LogP contribution < -0.4 is 16.0 Å². The van der Waals surface area contributed by atoms with Gasteiger partial charge in [-0.2, -0.15) is 0 Å². The van der Waals surface area contributed by atoms with Crippen LogP contribution in [0.1, 0.15) is 49.0 Å². The van der Waals surface area contributed by atoms with Gasteiger partial charge in [0.2, 0.25) is 11.8 Å². The molecule has 168 valence electrons. The van der Waals surface area contributed by atoms with Gasteiger partial charge in [0.05, 0.1) is 6.04 Å². The van der Waals surface area contributed by atoms with Gasteiger partial charge in [0.15, 0.2) is 0 Å². The first-order valence-corrected chi connectivity index (χ1v) is 11.4. The van der Waals surface area contributed by atoms with E-state index in [1.165, 1.54) is 0 Å². The third-order valence-corrected chi connectivity index (χ3v) is 6.51. The molecule has 1 aromatic carbocycles. The van der Waals surface area contributed by atoms with E-state index in [1.807, 2.05) is 6.07 Å². The van der Waals surface area contributed by atoms with Crippen molar-refractivity contribution < 1.29 is 14.4 Å². The third kappa shape index (κ3) is 5.25. The van der Waals surface area contributed by atoms with Crippen LogP contribution >= 0.6 is 11.6 Å². The van der Waals surface area contributed by atoms with Crippen molar-refractivity contribution in [1.82, 2.24) is 20.9 Å². The van der Waals surface area contributed by atoms with Crippen molar-refractivity contribution in [3.05, 3.63) is 35.0 Å². The number of halogens is 1. The van der Waals surface area contributed by atoms with Crippen molar-refractivity contribution in [3.63, 3.8) is 0 Å². The van der Waals surface area contributed by atoms with Gasteiger partial charge >= 0.3 is 0 Å². The lowest BCUT2D eigenvalue weighted by atomic mass is 9.91. The first-order valence-electron chi connectivity index (χ1n) is 11.1. The lowest BCUT2D eigenvalue weighted by Crippen LogP contribution is -2.50. The molecule has 1 aromatic heterocycles. The van der Waals surface area contributed by atoms with Crippen LogP contribution in [0.25, 0.3) is 10.9 Å². The Morgan fingerprint density at radius 3 is 2.72 bits per heavy atom. The zero-order valence-corrected chi connectivity index (χ0v) is 18.5. The highest BCUT2D eigenvalue weighted by atomic mass is 35.5. The number of fused-ring (bicyclic) bond motifs is 1. The van der Waals surface area contributed by atoms with Crippen molar-refractivity contribution in [1.29, 1.82) is 0 Å². The number of aromatic nitrogens is 1.